The Morgan fingerprint density at radius 3 is 2.52 bits per heavy atom. The summed E-state index contributed by atoms with van der Waals surface area (Å²) in [6.45, 7) is 0.749. The lowest BCUT2D eigenvalue weighted by molar-refractivity contribution is -0.122. The number of carbonyl (C=O) groups excluding carboxylic acids is 1. The van der Waals surface area contributed by atoms with Crippen molar-refractivity contribution in [2.75, 3.05) is 14.2 Å². The predicted octanol–water partition coefficient (Wildman–Crippen LogP) is 1.84. The number of rotatable bonds is 6. The number of amides is 1. The lowest BCUT2D eigenvalue weighted by atomic mass is 9.85. The Bertz CT molecular complexity index is 482. The molecule has 1 aromatic carbocycles. The molecule has 0 unspecified atom stereocenters. The molecule has 0 heterocycles. The number of nitrogens with one attached hydrogen (secondary N) is 1. The summed E-state index contributed by atoms with van der Waals surface area (Å²) in [4.78, 5) is 11.2. The summed E-state index contributed by atoms with van der Waals surface area (Å²) < 4.78 is 10.6. The molecule has 0 saturated heterocycles. The minimum Gasteiger partial charge on any atom is -0.497 e. The molecule has 0 radical (unpaired) electrons. The normalized spacial score (nSPS) is 21.8. The molecule has 0 aliphatic heterocycles. The number of primary amides is 1. The lowest BCUT2D eigenvalue weighted by Crippen LogP contribution is -2.36. The van der Waals surface area contributed by atoms with Crippen molar-refractivity contribution < 1.29 is 14.3 Å². The number of carbonyl (C=O) groups is 1. The summed E-state index contributed by atoms with van der Waals surface area (Å²) in [5.41, 5.74) is 6.46. The summed E-state index contributed by atoms with van der Waals surface area (Å²) in [6.07, 6.45) is 3.75. The molecule has 1 saturated carbocycles. The third-order valence-corrected chi connectivity index (χ3v) is 4.20. The van der Waals surface area contributed by atoms with Crippen LogP contribution in [0, 0.1) is 5.92 Å². The van der Waals surface area contributed by atoms with Crippen molar-refractivity contribution in [2.24, 2.45) is 11.7 Å². The molecule has 0 aromatic heterocycles. The van der Waals surface area contributed by atoms with Gasteiger partial charge in [-0.1, -0.05) is 6.07 Å². The average molecular weight is 292 g/mol. The Morgan fingerprint density at radius 1 is 1.24 bits per heavy atom. The van der Waals surface area contributed by atoms with Crippen LogP contribution in [0.5, 0.6) is 11.5 Å². The number of hydrogen-bond donors (Lipinski definition) is 2. The van der Waals surface area contributed by atoms with Crippen molar-refractivity contribution in [3.05, 3.63) is 23.8 Å². The van der Waals surface area contributed by atoms with Gasteiger partial charge < -0.3 is 20.5 Å². The van der Waals surface area contributed by atoms with Gasteiger partial charge in [-0.3, -0.25) is 4.79 Å². The van der Waals surface area contributed by atoms with Gasteiger partial charge in [0.2, 0.25) is 5.91 Å². The maximum absolute atomic E-state index is 11.2. The first kappa shape index (κ1) is 15.6. The van der Waals surface area contributed by atoms with Crippen molar-refractivity contribution in [1.82, 2.24) is 5.32 Å². The maximum atomic E-state index is 11.2. The van der Waals surface area contributed by atoms with E-state index in [0.29, 0.717) is 6.04 Å². The van der Waals surface area contributed by atoms with Crippen LogP contribution in [0.25, 0.3) is 0 Å². The number of methoxy groups -OCH3 is 2. The van der Waals surface area contributed by atoms with Gasteiger partial charge >= 0.3 is 0 Å². The zero-order valence-electron chi connectivity index (χ0n) is 12.7. The van der Waals surface area contributed by atoms with E-state index in [1.807, 2.05) is 18.2 Å². The van der Waals surface area contributed by atoms with Crippen molar-refractivity contribution in [1.29, 1.82) is 0 Å². The van der Waals surface area contributed by atoms with Crippen LogP contribution in [0.15, 0.2) is 18.2 Å². The monoisotopic (exact) mass is 292 g/mol. The standard InChI is InChI=1S/C16H24N2O3/c1-20-14-8-5-12(15(9-14)21-2)10-18-13-6-3-11(4-7-13)16(17)19/h5,8-9,11,13,18H,3-4,6-7,10H2,1-2H3,(H2,17,19). The Balaban J connectivity index is 1.87. The number of ether oxygens (including phenoxy) is 2. The number of benzene rings is 1. The Labute approximate surface area is 125 Å². The van der Waals surface area contributed by atoms with E-state index in [1.54, 1.807) is 14.2 Å². The second-order valence-corrected chi connectivity index (χ2v) is 5.51. The van der Waals surface area contributed by atoms with Crippen LogP contribution in [0.2, 0.25) is 0 Å². The van der Waals surface area contributed by atoms with Crippen molar-refractivity contribution >= 4 is 5.91 Å². The minimum atomic E-state index is -0.162. The van der Waals surface area contributed by atoms with E-state index in [0.717, 1.165) is 49.3 Å². The predicted molar refractivity (Wildman–Crippen MR) is 81.3 cm³/mol. The lowest BCUT2D eigenvalue weighted by Gasteiger charge is -2.27. The minimum absolute atomic E-state index is 0.0542. The fourth-order valence-corrected chi connectivity index (χ4v) is 2.83. The second-order valence-electron chi connectivity index (χ2n) is 5.51. The van der Waals surface area contributed by atoms with E-state index in [9.17, 15) is 4.79 Å². The van der Waals surface area contributed by atoms with E-state index >= 15 is 0 Å². The molecule has 0 bridgehead atoms. The molecule has 1 amide bonds. The summed E-state index contributed by atoms with van der Waals surface area (Å²) in [5.74, 6) is 1.51. The average Bonchev–Trinajstić information content (AvgIpc) is 2.53. The highest BCUT2D eigenvalue weighted by Gasteiger charge is 2.24. The molecule has 0 atom stereocenters. The SMILES string of the molecule is COc1ccc(CNC2CCC(C(N)=O)CC2)c(OC)c1. The third-order valence-electron chi connectivity index (χ3n) is 4.20. The molecule has 116 valence electrons. The smallest absolute Gasteiger partial charge is 0.220 e. The van der Waals surface area contributed by atoms with E-state index in [-0.39, 0.29) is 11.8 Å². The molecule has 5 nitrogen and oxygen atoms in total. The van der Waals surface area contributed by atoms with E-state index in [4.69, 9.17) is 15.2 Å². The first-order valence-electron chi connectivity index (χ1n) is 7.37. The molecule has 21 heavy (non-hydrogen) atoms. The van der Waals surface area contributed by atoms with Crippen LogP contribution >= 0.6 is 0 Å². The van der Waals surface area contributed by atoms with Crippen molar-refractivity contribution in [2.45, 2.75) is 38.3 Å². The molecule has 2 rings (SSSR count). The maximum Gasteiger partial charge on any atom is 0.220 e. The molecule has 1 fully saturated rings. The van der Waals surface area contributed by atoms with Gasteiger partial charge in [-0.25, -0.2) is 0 Å². The van der Waals surface area contributed by atoms with E-state index < -0.39 is 0 Å². The van der Waals surface area contributed by atoms with Gasteiger partial charge in [0.25, 0.3) is 0 Å². The largest absolute Gasteiger partial charge is 0.497 e. The van der Waals surface area contributed by atoms with Gasteiger partial charge in [-0.2, -0.15) is 0 Å². The van der Waals surface area contributed by atoms with Gasteiger partial charge in [-0.05, 0) is 31.7 Å². The zero-order chi connectivity index (χ0) is 15.2. The van der Waals surface area contributed by atoms with Crippen LogP contribution in [0.1, 0.15) is 31.2 Å². The quantitative estimate of drug-likeness (QED) is 0.839. The van der Waals surface area contributed by atoms with Crippen LogP contribution in [0.3, 0.4) is 0 Å². The highest BCUT2D eigenvalue weighted by atomic mass is 16.5. The topological polar surface area (TPSA) is 73.6 Å². The molecule has 1 aromatic rings. The van der Waals surface area contributed by atoms with Crippen molar-refractivity contribution in [3.8, 4) is 11.5 Å². The summed E-state index contributed by atoms with van der Waals surface area (Å²) >= 11 is 0. The van der Waals surface area contributed by atoms with E-state index in [2.05, 4.69) is 5.32 Å². The van der Waals surface area contributed by atoms with Crippen LogP contribution in [0.4, 0.5) is 0 Å². The molecule has 0 spiro atoms. The highest BCUT2D eigenvalue weighted by Crippen LogP contribution is 2.27. The molecular formula is C16H24N2O3. The summed E-state index contributed by atoms with van der Waals surface area (Å²) in [7, 11) is 3.31. The first-order chi connectivity index (χ1) is 10.1. The van der Waals surface area contributed by atoms with Crippen molar-refractivity contribution in [3.63, 3.8) is 0 Å². The number of nitrogens with two attached hydrogens (primary N) is 1. The van der Waals surface area contributed by atoms with E-state index in [1.165, 1.54) is 0 Å². The molecule has 5 heteroatoms. The highest BCUT2D eigenvalue weighted by molar-refractivity contribution is 5.76. The van der Waals surface area contributed by atoms with Crippen LogP contribution < -0.4 is 20.5 Å². The fourth-order valence-electron chi connectivity index (χ4n) is 2.83. The van der Waals surface area contributed by atoms with Gasteiger partial charge in [-0.15, -0.1) is 0 Å². The fraction of sp³-hybridized carbons (Fsp3) is 0.562. The summed E-state index contributed by atoms with van der Waals surface area (Å²) in [5, 5.41) is 3.54. The van der Waals surface area contributed by atoms with Crippen LogP contribution in [-0.2, 0) is 11.3 Å². The van der Waals surface area contributed by atoms with Gasteiger partial charge in [0.05, 0.1) is 14.2 Å². The molecule has 1 aliphatic carbocycles. The van der Waals surface area contributed by atoms with Gasteiger partial charge in [0.1, 0.15) is 11.5 Å². The molecule has 1 aliphatic rings. The molecule has 3 N–H and O–H groups in total. The summed E-state index contributed by atoms with van der Waals surface area (Å²) in [6, 6.07) is 6.27. The zero-order valence-corrected chi connectivity index (χ0v) is 12.7. The van der Waals surface area contributed by atoms with Crippen LogP contribution in [-0.4, -0.2) is 26.2 Å². The molecular weight excluding hydrogens is 268 g/mol. The van der Waals surface area contributed by atoms with Gasteiger partial charge in [0.15, 0.2) is 0 Å². The number of hydrogen-bond acceptors (Lipinski definition) is 4. The van der Waals surface area contributed by atoms with Gasteiger partial charge in [0, 0.05) is 30.1 Å². The Morgan fingerprint density at radius 2 is 1.95 bits per heavy atom. The third kappa shape index (κ3) is 4.11. The Kier molecular flexibility index (Phi) is 5.44. The Hall–Kier alpha value is -1.75. The first-order valence-corrected chi connectivity index (χ1v) is 7.37. The second kappa shape index (κ2) is 7.31.